The number of carbonyl (C=O) groups excluding carboxylic acids is 4. The van der Waals surface area contributed by atoms with Gasteiger partial charge in [0.1, 0.15) is 17.9 Å². The molecular weight excluding hydrogens is 512 g/mol. The van der Waals surface area contributed by atoms with Crippen molar-refractivity contribution in [2.45, 2.75) is 32.5 Å². The summed E-state index contributed by atoms with van der Waals surface area (Å²) >= 11 is 0. The number of piperazine rings is 1. The molecule has 0 aromatic heterocycles. The SMILES string of the molecule is CC(C)(C)OC(=O)N1CCN(c2ccc(NC(=O)C(Oc3cccc(C(N)=O)c3)c3ccccc3)cc2)C(=O)C1. The molecule has 3 aromatic rings. The van der Waals surface area contributed by atoms with E-state index in [4.69, 9.17) is 15.2 Å². The molecule has 10 nitrogen and oxygen atoms in total. The van der Waals surface area contributed by atoms with Crippen LogP contribution in [0.15, 0.2) is 78.9 Å². The number of nitrogens with one attached hydrogen (secondary N) is 1. The van der Waals surface area contributed by atoms with Crippen molar-refractivity contribution >= 4 is 35.2 Å². The van der Waals surface area contributed by atoms with E-state index in [0.717, 1.165) is 0 Å². The molecule has 1 saturated heterocycles. The van der Waals surface area contributed by atoms with Gasteiger partial charge in [0.2, 0.25) is 17.9 Å². The molecule has 1 fully saturated rings. The summed E-state index contributed by atoms with van der Waals surface area (Å²) in [6.45, 7) is 5.90. The minimum absolute atomic E-state index is 0.0829. The van der Waals surface area contributed by atoms with Gasteiger partial charge >= 0.3 is 6.09 Å². The molecule has 208 valence electrons. The number of rotatable bonds is 7. The Morgan fingerprint density at radius 2 is 1.62 bits per heavy atom. The maximum absolute atomic E-state index is 13.3. The zero-order valence-corrected chi connectivity index (χ0v) is 22.6. The maximum atomic E-state index is 13.3. The molecule has 4 amide bonds. The lowest BCUT2D eigenvalue weighted by Gasteiger charge is -2.35. The van der Waals surface area contributed by atoms with Gasteiger partial charge in [-0.05, 0) is 63.2 Å². The van der Waals surface area contributed by atoms with Gasteiger partial charge < -0.3 is 25.4 Å². The number of hydrogen-bond donors (Lipinski definition) is 2. The molecule has 40 heavy (non-hydrogen) atoms. The predicted molar refractivity (Wildman–Crippen MR) is 150 cm³/mol. The zero-order valence-electron chi connectivity index (χ0n) is 22.6. The number of nitrogens with two attached hydrogens (primary N) is 1. The molecule has 4 rings (SSSR count). The topological polar surface area (TPSA) is 131 Å². The molecule has 1 aliphatic rings. The molecule has 10 heteroatoms. The van der Waals surface area contributed by atoms with Gasteiger partial charge in [0, 0.05) is 35.6 Å². The van der Waals surface area contributed by atoms with Crippen molar-refractivity contribution in [3.05, 3.63) is 90.0 Å². The predicted octanol–water partition coefficient (Wildman–Crippen LogP) is 4.13. The van der Waals surface area contributed by atoms with Crippen LogP contribution < -0.4 is 20.7 Å². The number of hydrogen-bond acceptors (Lipinski definition) is 6. The van der Waals surface area contributed by atoms with Crippen LogP contribution in [0.3, 0.4) is 0 Å². The molecule has 3 N–H and O–H groups in total. The molecule has 0 spiro atoms. The Kier molecular flexibility index (Phi) is 8.37. The zero-order chi connectivity index (χ0) is 28.9. The van der Waals surface area contributed by atoms with E-state index in [9.17, 15) is 19.2 Å². The first kappa shape index (κ1) is 28.2. The summed E-state index contributed by atoms with van der Waals surface area (Å²) < 4.78 is 11.4. The highest BCUT2D eigenvalue weighted by Crippen LogP contribution is 2.26. The smallest absolute Gasteiger partial charge is 0.410 e. The first-order valence-corrected chi connectivity index (χ1v) is 12.8. The summed E-state index contributed by atoms with van der Waals surface area (Å²) in [6, 6.07) is 22.1. The molecule has 0 bridgehead atoms. The number of nitrogens with zero attached hydrogens (tertiary/aromatic N) is 2. The molecular formula is C30H32N4O6. The van der Waals surface area contributed by atoms with E-state index in [0.29, 0.717) is 35.8 Å². The van der Waals surface area contributed by atoms with Crippen molar-refractivity contribution < 1.29 is 28.7 Å². The van der Waals surface area contributed by atoms with E-state index in [-0.39, 0.29) is 18.0 Å². The fourth-order valence-electron chi connectivity index (χ4n) is 4.12. The van der Waals surface area contributed by atoms with Crippen molar-refractivity contribution in [2.75, 3.05) is 29.9 Å². The van der Waals surface area contributed by atoms with E-state index >= 15 is 0 Å². The van der Waals surface area contributed by atoms with Gasteiger partial charge in [-0.15, -0.1) is 0 Å². The van der Waals surface area contributed by atoms with Crippen LogP contribution in [0.4, 0.5) is 16.2 Å². The fourth-order valence-corrected chi connectivity index (χ4v) is 4.12. The summed E-state index contributed by atoms with van der Waals surface area (Å²) in [5, 5.41) is 2.85. The monoisotopic (exact) mass is 544 g/mol. The lowest BCUT2D eigenvalue weighted by atomic mass is 10.1. The van der Waals surface area contributed by atoms with Gasteiger partial charge in [0.05, 0.1) is 0 Å². The number of carbonyl (C=O) groups is 4. The molecule has 0 saturated carbocycles. The number of benzene rings is 3. The molecule has 1 heterocycles. The van der Waals surface area contributed by atoms with Gasteiger partial charge in [0.15, 0.2) is 0 Å². The molecule has 1 unspecified atom stereocenters. The Morgan fingerprint density at radius 3 is 2.25 bits per heavy atom. The van der Waals surface area contributed by atoms with E-state index in [1.807, 2.05) is 6.07 Å². The van der Waals surface area contributed by atoms with Gasteiger partial charge in [-0.3, -0.25) is 19.3 Å². The first-order valence-electron chi connectivity index (χ1n) is 12.8. The molecule has 0 radical (unpaired) electrons. The van der Waals surface area contributed by atoms with Gasteiger partial charge in [0.25, 0.3) is 5.91 Å². The minimum Gasteiger partial charge on any atom is -0.476 e. The second-order valence-electron chi connectivity index (χ2n) is 10.3. The second kappa shape index (κ2) is 11.9. The third-order valence-electron chi connectivity index (χ3n) is 6.03. The largest absolute Gasteiger partial charge is 0.476 e. The number of primary amides is 1. The molecule has 0 aliphatic carbocycles. The van der Waals surface area contributed by atoms with E-state index in [2.05, 4.69) is 5.32 Å². The van der Waals surface area contributed by atoms with Gasteiger partial charge in [-0.2, -0.15) is 0 Å². The highest BCUT2D eigenvalue weighted by Gasteiger charge is 2.31. The number of amides is 4. The maximum Gasteiger partial charge on any atom is 0.410 e. The van der Waals surface area contributed by atoms with Crippen LogP contribution in [0.1, 0.15) is 42.8 Å². The van der Waals surface area contributed by atoms with Crippen molar-refractivity contribution in [3.63, 3.8) is 0 Å². The lowest BCUT2D eigenvalue weighted by Crippen LogP contribution is -2.53. The van der Waals surface area contributed by atoms with E-state index in [1.165, 1.54) is 11.0 Å². The van der Waals surface area contributed by atoms with Crippen molar-refractivity contribution in [2.24, 2.45) is 5.73 Å². The van der Waals surface area contributed by atoms with Crippen molar-refractivity contribution in [1.29, 1.82) is 0 Å². The number of ether oxygens (including phenoxy) is 2. The van der Waals surface area contributed by atoms with Crippen LogP contribution in [0.2, 0.25) is 0 Å². The Balaban J connectivity index is 1.44. The van der Waals surface area contributed by atoms with Crippen LogP contribution in [0.5, 0.6) is 5.75 Å². The van der Waals surface area contributed by atoms with Crippen LogP contribution in [0, 0.1) is 0 Å². The minimum atomic E-state index is -1.01. The molecule has 1 aliphatic heterocycles. The van der Waals surface area contributed by atoms with E-state index in [1.54, 1.807) is 92.4 Å². The normalized spacial score (nSPS) is 14.3. The Labute approximate surface area is 232 Å². The quantitative estimate of drug-likeness (QED) is 0.460. The van der Waals surface area contributed by atoms with Gasteiger partial charge in [-0.25, -0.2) is 4.79 Å². The van der Waals surface area contributed by atoms with Crippen LogP contribution >= 0.6 is 0 Å². The van der Waals surface area contributed by atoms with Crippen molar-refractivity contribution in [3.8, 4) is 5.75 Å². The number of anilines is 2. The molecule has 3 aromatic carbocycles. The summed E-state index contributed by atoms with van der Waals surface area (Å²) in [7, 11) is 0. The third-order valence-corrected chi connectivity index (χ3v) is 6.03. The Morgan fingerprint density at radius 1 is 0.925 bits per heavy atom. The van der Waals surface area contributed by atoms with Gasteiger partial charge in [-0.1, -0.05) is 36.4 Å². The summed E-state index contributed by atoms with van der Waals surface area (Å²) in [5.74, 6) is -0.939. The second-order valence-corrected chi connectivity index (χ2v) is 10.3. The standard InChI is InChI=1S/C30H32N4O6/c1-30(2,3)40-29(38)33-16-17-34(25(35)19-33)23-14-12-22(13-15-23)32-28(37)26(20-8-5-4-6-9-20)39-24-11-7-10-21(18-24)27(31)36/h4-15,18,26H,16-17,19H2,1-3H3,(H2,31,36)(H,32,37). The average Bonchev–Trinajstić information content (AvgIpc) is 2.92. The summed E-state index contributed by atoms with van der Waals surface area (Å²) in [4.78, 5) is 53.0. The highest BCUT2D eigenvalue weighted by molar-refractivity contribution is 5.98. The first-order chi connectivity index (χ1) is 19.0. The molecule has 1 atom stereocenters. The van der Waals surface area contributed by atoms with Crippen LogP contribution in [-0.2, 0) is 14.3 Å². The van der Waals surface area contributed by atoms with E-state index < -0.39 is 29.6 Å². The fraction of sp³-hybridized carbons (Fsp3) is 0.267. The summed E-state index contributed by atoms with van der Waals surface area (Å²) in [6.07, 6.45) is -1.53. The van der Waals surface area contributed by atoms with Crippen molar-refractivity contribution in [1.82, 2.24) is 4.90 Å². The van der Waals surface area contributed by atoms with Crippen LogP contribution in [0.25, 0.3) is 0 Å². The summed E-state index contributed by atoms with van der Waals surface area (Å²) in [5.41, 5.74) is 6.77. The average molecular weight is 545 g/mol. The Hall–Kier alpha value is -4.86. The lowest BCUT2D eigenvalue weighted by molar-refractivity contribution is -0.123. The highest BCUT2D eigenvalue weighted by atomic mass is 16.6. The van der Waals surface area contributed by atoms with Crippen LogP contribution in [-0.4, -0.2) is 54.0 Å². The third kappa shape index (κ3) is 7.16. The Bertz CT molecular complexity index is 1390.